The summed E-state index contributed by atoms with van der Waals surface area (Å²) in [4.78, 5) is 0. The van der Waals surface area contributed by atoms with Crippen molar-refractivity contribution in [2.24, 2.45) is 0 Å². The van der Waals surface area contributed by atoms with Crippen LogP contribution in [-0.2, 0) is 5.41 Å². The van der Waals surface area contributed by atoms with Gasteiger partial charge in [0.2, 0.25) is 0 Å². The monoisotopic (exact) mass is 468 g/mol. The van der Waals surface area contributed by atoms with Crippen LogP contribution < -0.4 is 5.32 Å². The Labute approximate surface area is 204 Å². The maximum Gasteiger partial charge on any atom is 0.110 e. The Morgan fingerprint density at radius 3 is 1.70 bits per heavy atom. The molecule has 0 amide bonds. The van der Waals surface area contributed by atoms with Crippen molar-refractivity contribution in [1.82, 2.24) is 5.32 Å². The zero-order valence-electron chi connectivity index (χ0n) is 17.8. The molecule has 4 heteroatoms. The Hall–Kier alpha value is -3.09. The van der Waals surface area contributed by atoms with E-state index in [1.54, 1.807) is 0 Å². The highest BCUT2D eigenvalue weighted by molar-refractivity contribution is 6.30. The van der Waals surface area contributed by atoms with Gasteiger partial charge in [-0.2, -0.15) is 5.26 Å². The summed E-state index contributed by atoms with van der Waals surface area (Å²) in [7, 11) is 0. The predicted molar refractivity (Wildman–Crippen MR) is 134 cm³/mol. The van der Waals surface area contributed by atoms with Crippen molar-refractivity contribution in [3.63, 3.8) is 0 Å². The van der Waals surface area contributed by atoms with Gasteiger partial charge >= 0.3 is 0 Å². The van der Waals surface area contributed by atoms with Crippen LogP contribution in [0.15, 0.2) is 109 Å². The van der Waals surface area contributed by atoms with Gasteiger partial charge in [-0.1, -0.05) is 108 Å². The van der Waals surface area contributed by atoms with Gasteiger partial charge in [0.15, 0.2) is 0 Å². The van der Waals surface area contributed by atoms with E-state index in [0.717, 1.165) is 22.3 Å². The Kier molecular flexibility index (Phi) is 5.96. The van der Waals surface area contributed by atoms with Crippen molar-refractivity contribution in [3.8, 4) is 6.07 Å². The maximum absolute atomic E-state index is 11.0. The number of halogens is 2. The molecule has 4 unspecified atom stereocenters. The molecule has 1 heterocycles. The van der Waals surface area contributed by atoms with E-state index in [-0.39, 0.29) is 18.0 Å². The van der Waals surface area contributed by atoms with Gasteiger partial charge in [0, 0.05) is 22.0 Å². The molecular formula is C29H22Cl2N2. The summed E-state index contributed by atoms with van der Waals surface area (Å²) in [5.41, 5.74) is 3.39. The predicted octanol–water partition coefficient (Wildman–Crippen LogP) is 7.62. The van der Waals surface area contributed by atoms with Crippen molar-refractivity contribution in [3.05, 3.63) is 141 Å². The van der Waals surface area contributed by atoms with Crippen LogP contribution in [-0.4, -0.2) is 0 Å². The molecule has 1 N–H and O–H groups in total. The van der Waals surface area contributed by atoms with Crippen LogP contribution in [0.1, 0.15) is 40.3 Å². The fourth-order valence-corrected chi connectivity index (χ4v) is 5.45. The summed E-state index contributed by atoms with van der Waals surface area (Å²) < 4.78 is 0. The third-order valence-electron chi connectivity index (χ3n) is 6.65. The first kappa shape index (κ1) is 21.7. The first-order chi connectivity index (χ1) is 16.1. The normalized spacial score (nSPS) is 24.3. The molecule has 2 nitrogen and oxygen atoms in total. The van der Waals surface area contributed by atoms with Gasteiger partial charge in [-0.3, -0.25) is 0 Å². The van der Waals surface area contributed by atoms with Crippen molar-refractivity contribution in [2.45, 2.75) is 23.4 Å². The minimum Gasteiger partial charge on any atom is -0.301 e. The van der Waals surface area contributed by atoms with Gasteiger partial charge in [0.05, 0.1) is 12.1 Å². The second kappa shape index (κ2) is 9.04. The van der Waals surface area contributed by atoms with Crippen molar-refractivity contribution in [2.75, 3.05) is 0 Å². The minimum absolute atomic E-state index is 0.0924. The fourth-order valence-electron chi connectivity index (χ4n) is 5.20. The summed E-state index contributed by atoms with van der Waals surface area (Å²) >= 11 is 12.4. The molecule has 5 rings (SSSR count). The highest BCUT2D eigenvalue weighted by Gasteiger charge is 2.57. The second-order valence-corrected chi connectivity index (χ2v) is 9.29. The third-order valence-corrected chi connectivity index (χ3v) is 7.16. The molecule has 4 atom stereocenters. The van der Waals surface area contributed by atoms with Crippen LogP contribution in [0, 0.1) is 11.3 Å². The summed E-state index contributed by atoms with van der Waals surface area (Å²) in [6, 6.07) is 38.6. The molecule has 0 saturated carbocycles. The average molecular weight is 469 g/mol. The van der Waals surface area contributed by atoms with E-state index in [1.807, 2.05) is 84.9 Å². The van der Waals surface area contributed by atoms with Crippen LogP contribution in [0.25, 0.3) is 0 Å². The van der Waals surface area contributed by atoms with Crippen molar-refractivity contribution in [1.29, 1.82) is 5.26 Å². The average Bonchev–Trinajstić information content (AvgIpc) is 3.22. The van der Waals surface area contributed by atoms with Gasteiger partial charge in [-0.15, -0.1) is 0 Å². The lowest BCUT2D eigenvalue weighted by Crippen LogP contribution is -2.35. The molecule has 0 bridgehead atoms. The number of nitriles is 1. The largest absolute Gasteiger partial charge is 0.301 e. The number of nitrogens with zero attached hydrogens (tertiary/aromatic N) is 1. The van der Waals surface area contributed by atoms with Gasteiger partial charge < -0.3 is 5.32 Å². The van der Waals surface area contributed by atoms with Crippen LogP contribution in [0.2, 0.25) is 10.0 Å². The molecule has 4 aromatic rings. The maximum atomic E-state index is 11.0. The van der Waals surface area contributed by atoms with E-state index >= 15 is 0 Å². The van der Waals surface area contributed by atoms with E-state index < -0.39 is 5.41 Å². The van der Waals surface area contributed by atoms with E-state index in [4.69, 9.17) is 23.2 Å². The number of nitrogens with one attached hydrogen (secondary N) is 1. The second-order valence-electron chi connectivity index (χ2n) is 8.42. The molecule has 0 aliphatic carbocycles. The quantitative estimate of drug-likeness (QED) is 0.334. The first-order valence-electron chi connectivity index (χ1n) is 10.9. The van der Waals surface area contributed by atoms with Gasteiger partial charge in [-0.05, 0) is 46.5 Å². The van der Waals surface area contributed by atoms with Crippen LogP contribution in [0.5, 0.6) is 0 Å². The zero-order valence-corrected chi connectivity index (χ0v) is 19.3. The summed E-state index contributed by atoms with van der Waals surface area (Å²) in [6.07, 6.45) is 0. The van der Waals surface area contributed by atoms with Crippen molar-refractivity contribution < 1.29 is 0 Å². The molecule has 1 aliphatic rings. The van der Waals surface area contributed by atoms with Gasteiger partial charge in [-0.25, -0.2) is 0 Å². The highest BCUT2D eigenvalue weighted by atomic mass is 35.5. The minimum atomic E-state index is -0.846. The summed E-state index contributed by atoms with van der Waals surface area (Å²) in [5, 5.41) is 16.2. The molecule has 1 aliphatic heterocycles. The zero-order chi connectivity index (χ0) is 22.8. The van der Waals surface area contributed by atoms with E-state index in [0.29, 0.717) is 10.0 Å². The van der Waals surface area contributed by atoms with E-state index in [9.17, 15) is 5.26 Å². The standard InChI is InChI=1S/C29H22Cl2N2/c30-24-15-11-21(12-16-24)27-26(20-7-3-1-4-8-20)29(19-32,23-9-5-2-6-10-23)28(33-27)22-13-17-25(31)18-14-22/h1-18,26-28,33H. The first-order valence-corrected chi connectivity index (χ1v) is 11.7. The lowest BCUT2D eigenvalue weighted by Gasteiger charge is -2.35. The Balaban J connectivity index is 1.78. The van der Waals surface area contributed by atoms with E-state index in [1.165, 1.54) is 0 Å². The van der Waals surface area contributed by atoms with E-state index in [2.05, 4.69) is 35.7 Å². The molecule has 0 spiro atoms. The topological polar surface area (TPSA) is 35.8 Å². The van der Waals surface area contributed by atoms with Gasteiger partial charge in [0.25, 0.3) is 0 Å². The number of hydrogen-bond acceptors (Lipinski definition) is 2. The Bertz CT molecular complexity index is 1270. The lowest BCUT2D eigenvalue weighted by molar-refractivity contribution is 0.438. The number of rotatable bonds is 4. The molecule has 33 heavy (non-hydrogen) atoms. The summed E-state index contributed by atoms with van der Waals surface area (Å²) in [6.45, 7) is 0. The van der Waals surface area contributed by atoms with Crippen LogP contribution in [0.4, 0.5) is 0 Å². The molecule has 162 valence electrons. The van der Waals surface area contributed by atoms with Crippen LogP contribution in [0.3, 0.4) is 0 Å². The molecular weight excluding hydrogens is 447 g/mol. The van der Waals surface area contributed by atoms with Crippen LogP contribution >= 0.6 is 23.2 Å². The SMILES string of the molecule is N#CC1(c2ccccc2)C(c2ccc(Cl)cc2)NC(c2ccc(Cl)cc2)C1c1ccccc1. The van der Waals surface area contributed by atoms with Gasteiger partial charge in [0.1, 0.15) is 5.41 Å². The number of benzene rings is 4. The smallest absolute Gasteiger partial charge is 0.110 e. The molecule has 1 saturated heterocycles. The Morgan fingerprint density at radius 2 is 1.15 bits per heavy atom. The third kappa shape index (κ3) is 3.83. The number of hydrogen-bond donors (Lipinski definition) is 1. The molecule has 0 aromatic heterocycles. The highest BCUT2D eigenvalue weighted by Crippen LogP contribution is 2.58. The Morgan fingerprint density at radius 1 is 0.636 bits per heavy atom. The van der Waals surface area contributed by atoms with Crippen molar-refractivity contribution >= 4 is 23.2 Å². The molecule has 0 radical (unpaired) electrons. The summed E-state index contributed by atoms with van der Waals surface area (Å²) in [5.74, 6) is -0.132. The molecule has 4 aromatic carbocycles. The lowest BCUT2D eigenvalue weighted by atomic mass is 9.63. The molecule has 1 fully saturated rings. The fraction of sp³-hybridized carbons (Fsp3) is 0.138.